The fraction of sp³-hybridized carbons (Fsp3) is 0.974. The minimum absolute atomic E-state index is 0.123. The molecule has 0 heterocycles. The summed E-state index contributed by atoms with van der Waals surface area (Å²) in [5, 5.41) is 0. The van der Waals surface area contributed by atoms with Crippen molar-refractivity contribution in [2.24, 2.45) is 0 Å². The first-order chi connectivity index (χ1) is 23.3. The molecule has 0 aliphatic heterocycles. The van der Waals surface area contributed by atoms with E-state index in [0.717, 1.165) is 25.9 Å². The fourth-order valence-corrected chi connectivity index (χ4v) is 4.98. The van der Waals surface area contributed by atoms with Gasteiger partial charge in [0.2, 0.25) is 0 Å². The van der Waals surface area contributed by atoms with Crippen molar-refractivity contribution in [2.45, 2.75) is 142 Å². The van der Waals surface area contributed by atoms with Crippen LogP contribution in [-0.4, -0.2) is 105 Å². The number of carbonyl (C=O) groups excluding carboxylic acids is 1. The maximum Gasteiger partial charge on any atom is 0.305 e. The first kappa shape index (κ1) is 46.2. The molecule has 9 nitrogen and oxygen atoms in total. The van der Waals surface area contributed by atoms with Gasteiger partial charge in [-0.2, -0.15) is 0 Å². The highest BCUT2D eigenvalue weighted by atomic mass is 16.6. The van der Waals surface area contributed by atoms with Crippen molar-refractivity contribution in [1.29, 1.82) is 0 Å². The Balaban J connectivity index is 3.12. The standard InChI is InChI=1S/C38H76O9/c1-3-5-7-9-11-12-13-14-15-16-17-18-20-22-38(39)47-37-36-46-35-34-45-33-32-44-31-30-43-29-28-42-27-26-41-25-24-40-23-21-19-10-8-6-4-2/h3-37H2,1-2H3. The van der Waals surface area contributed by atoms with Crippen LogP contribution in [0.15, 0.2) is 0 Å². The van der Waals surface area contributed by atoms with Crippen LogP contribution in [0.2, 0.25) is 0 Å². The van der Waals surface area contributed by atoms with E-state index in [9.17, 15) is 4.79 Å². The minimum Gasteiger partial charge on any atom is -0.463 e. The van der Waals surface area contributed by atoms with Crippen LogP contribution in [0, 0.1) is 0 Å². The van der Waals surface area contributed by atoms with Crippen LogP contribution in [0.1, 0.15) is 142 Å². The lowest BCUT2D eigenvalue weighted by Crippen LogP contribution is -2.15. The molecule has 0 rings (SSSR count). The van der Waals surface area contributed by atoms with Crippen molar-refractivity contribution in [1.82, 2.24) is 0 Å². The van der Waals surface area contributed by atoms with Crippen LogP contribution < -0.4 is 0 Å². The van der Waals surface area contributed by atoms with Gasteiger partial charge in [0.1, 0.15) is 6.61 Å². The van der Waals surface area contributed by atoms with Gasteiger partial charge in [-0.15, -0.1) is 0 Å². The van der Waals surface area contributed by atoms with Gasteiger partial charge in [0, 0.05) is 13.0 Å². The summed E-state index contributed by atoms with van der Waals surface area (Å²) in [4.78, 5) is 11.9. The first-order valence-electron chi connectivity index (χ1n) is 19.5. The molecule has 0 aromatic carbocycles. The predicted octanol–water partition coefficient (Wildman–Crippen LogP) is 8.49. The minimum atomic E-state index is -0.123. The van der Waals surface area contributed by atoms with Crippen molar-refractivity contribution in [2.75, 3.05) is 99.1 Å². The van der Waals surface area contributed by atoms with Gasteiger partial charge in [-0.1, -0.05) is 123 Å². The Hall–Kier alpha value is -0.810. The van der Waals surface area contributed by atoms with Crippen LogP contribution in [0.25, 0.3) is 0 Å². The molecule has 9 heteroatoms. The van der Waals surface area contributed by atoms with E-state index in [1.807, 2.05) is 0 Å². The molecule has 0 aromatic rings. The smallest absolute Gasteiger partial charge is 0.305 e. The second-order valence-corrected chi connectivity index (χ2v) is 12.3. The summed E-state index contributed by atoms with van der Waals surface area (Å²) in [6.07, 6.45) is 25.1. The number of esters is 1. The maximum atomic E-state index is 11.9. The molecule has 0 saturated carbocycles. The lowest BCUT2D eigenvalue weighted by Gasteiger charge is -2.09. The summed E-state index contributed by atoms with van der Waals surface area (Å²) in [6.45, 7) is 12.5. The van der Waals surface area contributed by atoms with E-state index in [1.165, 1.54) is 103 Å². The van der Waals surface area contributed by atoms with E-state index in [2.05, 4.69) is 13.8 Å². The lowest BCUT2D eigenvalue weighted by atomic mass is 10.0. The zero-order valence-electron chi connectivity index (χ0n) is 30.9. The summed E-state index contributed by atoms with van der Waals surface area (Å²) >= 11 is 0. The third-order valence-electron chi connectivity index (χ3n) is 7.85. The third kappa shape index (κ3) is 43.2. The number of hydrogen-bond donors (Lipinski definition) is 0. The number of ether oxygens (including phenoxy) is 8. The molecule has 0 N–H and O–H groups in total. The van der Waals surface area contributed by atoms with Crippen LogP contribution in [-0.2, 0) is 42.7 Å². The Labute approximate surface area is 289 Å². The predicted molar refractivity (Wildman–Crippen MR) is 190 cm³/mol. The zero-order chi connectivity index (χ0) is 34.0. The average molecular weight is 677 g/mol. The number of hydrogen-bond acceptors (Lipinski definition) is 9. The summed E-state index contributed by atoms with van der Waals surface area (Å²) < 4.78 is 43.8. The molecule has 0 aliphatic rings. The van der Waals surface area contributed by atoms with E-state index in [-0.39, 0.29) is 5.97 Å². The molecule has 0 aromatic heterocycles. The normalized spacial score (nSPS) is 11.4. The Kier molecular flexibility index (Phi) is 42.5. The highest BCUT2D eigenvalue weighted by Gasteiger charge is 2.03. The van der Waals surface area contributed by atoms with Crippen molar-refractivity contribution >= 4 is 5.97 Å². The lowest BCUT2D eigenvalue weighted by molar-refractivity contribution is -0.145. The van der Waals surface area contributed by atoms with Crippen molar-refractivity contribution < 1.29 is 42.7 Å². The Morgan fingerprint density at radius 1 is 0.298 bits per heavy atom. The van der Waals surface area contributed by atoms with Crippen molar-refractivity contribution in [3.8, 4) is 0 Å². The average Bonchev–Trinajstić information content (AvgIpc) is 3.08. The summed E-state index contributed by atoms with van der Waals surface area (Å²) in [5.74, 6) is -0.123. The number of rotatable bonds is 42. The Morgan fingerprint density at radius 2 is 0.553 bits per heavy atom. The largest absolute Gasteiger partial charge is 0.463 e. The van der Waals surface area contributed by atoms with Gasteiger partial charge in [-0.05, 0) is 12.8 Å². The summed E-state index contributed by atoms with van der Waals surface area (Å²) in [6, 6.07) is 0. The molecule has 0 atom stereocenters. The molecule has 0 bridgehead atoms. The van der Waals surface area contributed by atoms with Crippen LogP contribution in [0.4, 0.5) is 0 Å². The van der Waals surface area contributed by atoms with Gasteiger partial charge in [0.15, 0.2) is 0 Å². The molecular formula is C38H76O9. The molecule has 0 unspecified atom stereocenters. The van der Waals surface area contributed by atoms with Crippen molar-refractivity contribution in [3.05, 3.63) is 0 Å². The summed E-state index contributed by atoms with van der Waals surface area (Å²) in [7, 11) is 0. The monoisotopic (exact) mass is 677 g/mol. The van der Waals surface area contributed by atoms with Crippen LogP contribution in [0.5, 0.6) is 0 Å². The summed E-state index contributed by atoms with van der Waals surface area (Å²) in [5.41, 5.74) is 0. The SMILES string of the molecule is CCCCCCCCCCCCCCCC(=O)OCCOCCOCCOCCOCCOCCOCCOCCCCCCCC. The molecule has 282 valence electrons. The molecule has 0 radical (unpaired) electrons. The Morgan fingerprint density at radius 3 is 0.894 bits per heavy atom. The molecule has 0 saturated heterocycles. The highest BCUT2D eigenvalue weighted by molar-refractivity contribution is 5.69. The van der Waals surface area contributed by atoms with E-state index in [4.69, 9.17) is 37.9 Å². The van der Waals surface area contributed by atoms with Gasteiger partial charge in [0.25, 0.3) is 0 Å². The first-order valence-corrected chi connectivity index (χ1v) is 19.5. The van der Waals surface area contributed by atoms with Gasteiger partial charge in [0.05, 0.1) is 85.9 Å². The third-order valence-corrected chi connectivity index (χ3v) is 7.85. The molecule has 47 heavy (non-hydrogen) atoms. The van der Waals surface area contributed by atoms with Gasteiger partial charge >= 0.3 is 5.97 Å². The van der Waals surface area contributed by atoms with E-state index >= 15 is 0 Å². The van der Waals surface area contributed by atoms with Crippen LogP contribution >= 0.6 is 0 Å². The number of unbranched alkanes of at least 4 members (excludes halogenated alkanes) is 17. The molecule has 0 fully saturated rings. The van der Waals surface area contributed by atoms with Gasteiger partial charge in [-0.25, -0.2) is 0 Å². The topological polar surface area (TPSA) is 90.9 Å². The highest BCUT2D eigenvalue weighted by Crippen LogP contribution is 2.13. The second kappa shape index (κ2) is 43.2. The molecule has 0 spiro atoms. The molecule has 0 amide bonds. The fourth-order valence-electron chi connectivity index (χ4n) is 4.98. The quantitative estimate of drug-likeness (QED) is 0.0466. The molecular weight excluding hydrogens is 600 g/mol. The van der Waals surface area contributed by atoms with E-state index in [0.29, 0.717) is 98.9 Å². The van der Waals surface area contributed by atoms with Gasteiger partial charge in [-0.3, -0.25) is 4.79 Å². The van der Waals surface area contributed by atoms with Crippen LogP contribution in [0.3, 0.4) is 0 Å². The second-order valence-electron chi connectivity index (χ2n) is 12.3. The van der Waals surface area contributed by atoms with E-state index in [1.54, 1.807) is 0 Å². The number of carbonyl (C=O) groups is 1. The molecule has 0 aliphatic carbocycles. The Bertz CT molecular complexity index is 579. The van der Waals surface area contributed by atoms with Crippen molar-refractivity contribution in [3.63, 3.8) is 0 Å². The van der Waals surface area contributed by atoms with E-state index < -0.39 is 0 Å². The van der Waals surface area contributed by atoms with Gasteiger partial charge < -0.3 is 37.9 Å². The maximum absolute atomic E-state index is 11.9. The zero-order valence-corrected chi connectivity index (χ0v) is 30.9.